The van der Waals surface area contributed by atoms with E-state index >= 15 is 0 Å². The Morgan fingerprint density at radius 2 is 2.53 bits per heavy atom. The fraction of sp³-hybridized carbons (Fsp3) is 0.667. The lowest BCUT2D eigenvalue weighted by Crippen LogP contribution is -2.44. The summed E-state index contributed by atoms with van der Waals surface area (Å²) in [5.74, 6) is 0.333. The van der Waals surface area contributed by atoms with Crippen LogP contribution in [0.15, 0.2) is 6.20 Å². The van der Waals surface area contributed by atoms with E-state index in [1.165, 1.54) is 10.9 Å². The maximum atomic E-state index is 10.9. The van der Waals surface area contributed by atoms with Crippen LogP contribution in [0.25, 0.3) is 0 Å². The van der Waals surface area contributed by atoms with Gasteiger partial charge in [-0.15, -0.1) is 5.10 Å². The number of morpholine rings is 1. The van der Waals surface area contributed by atoms with Crippen LogP contribution in [-0.2, 0) is 11.8 Å². The molecule has 0 spiro atoms. The third kappa shape index (κ3) is 2.37. The van der Waals surface area contributed by atoms with Gasteiger partial charge in [0.2, 0.25) is 5.82 Å². The van der Waals surface area contributed by atoms with Gasteiger partial charge in [-0.05, 0) is 0 Å². The first-order valence-electron chi connectivity index (χ1n) is 5.27. The molecular formula is C9H14N4O4. The minimum Gasteiger partial charge on any atom is -0.394 e. The van der Waals surface area contributed by atoms with Crippen molar-refractivity contribution in [2.75, 3.05) is 31.2 Å². The smallest absolute Gasteiger partial charge is 0.330 e. The molecule has 0 aromatic carbocycles. The van der Waals surface area contributed by atoms with E-state index in [-0.39, 0.29) is 18.4 Å². The number of nitrogens with zero attached hydrogens (tertiary/aromatic N) is 4. The topological polar surface area (TPSA) is 93.7 Å². The summed E-state index contributed by atoms with van der Waals surface area (Å²) in [4.78, 5) is 12.2. The number of aromatic nitrogens is 2. The number of hydrogen-bond acceptors (Lipinski definition) is 6. The summed E-state index contributed by atoms with van der Waals surface area (Å²) in [7, 11) is 1.64. The Labute approximate surface area is 97.5 Å². The molecule has 8 nitrogen and oxygen atoms in total. The highest BCUT2D eigenvalue weighted by molar-refractivity contribution is 5.57. The third-order valence-corrected chi connectivity index (χ3v) is 2.63. The first kappa shape index (κ1) is 11.8. The van der Waals surface area contributed by atoms with Crippen molar-refractivity contribution >= 4 is 11.5 Å². The van der Waals surface area contributed by atoms with E-state index in [0.29, 0.717) is 25.5 Å². The summed E-state index contributed by atoms with van der Waals surface area (Å²) in [6.45, 7) is 1.28. The van der Waals surface area contributed by atoms with E-state index in [1.807, 2.05) is 0 Å². The second-order valence-corrected chi connectivity index (χ2v) is 3.89. The molecule has 0 saturated carbocycles. The van der Waals surface area contributed by atoms with Crippen molar-refractivity contribution in [1.29, 1.82) is 0 Å². The number of anilines is 1. The number of aliphatic hydroxyl groups excluding tert-OH is 1. The predicted molar refractivity (Wildman–Crippen MR) is 58.9 cm³/mol. The molecule has 1 unspecified atom stereocenters. The van der Waals surface area contributed by atoms with Gasteiger partial charge in [0.05, 0.1) is 24.2 Å². The first-order valence-corrected chi connectivity index (χ1v) is 5.27. The molecule has 8 heteroatoms. The Morgan fingerprint density at radius 3 is 3.18 bits per heavy atom. The fourth-order valence-corrected chi connectivity index (χ4v) is 1.84. The van der Waals surface area contributed by atoms with Crippen molar-refractivity contribution in [2.24, 2.45) is 7.05 Å². The first-order chi connectivity index (χ1) is 8.11. The SMILES string of the molecule is Cn1cc([N+](=O)[O-])c(N2CCOC(CO)C2)n1. The number of nitro groups is 1. The Kier molecular flexibility index (Phi) is 3.25. The average Bonchev–Trinajstić information content (AvgIpc) is 2.72. The molecule has 17 heavy (non-hydrogen) atoms. The fourth-order valence-electron chi connectivity index (χ4n) is 1.84. The van der Waals surface area contributed by atoms with Gasteiger partial charge in [-0.2, -0.15) is 0 Å². The second kappa shape index (κ2) is 4.68. The Balaban J connectivity index is 2.23. The highest BCUT2D eigenvalue weighted by atomic mass is 16.6. The van der Waals surface area contributed by atoms with Crippen LogP contribution >= 0.6 is 0 Å². The molecule has 0 aliphatic carbocycles. The van der Waals surface area contributed by atoms with E-state index in [4.69, 9.17) is 9.84 Å². The zero-order valence-corrected chi connectivity index (χ0v) is 9.44. The van der Waals surface area contributed by atoms with Crippen molar-refractivity contribution < 1.29 is 14.8 Å². The van der Waals surface area contributed by atoms with E-state index in [9.17, 15) is 10.1 Å². The minimum atomic E-state index is -0.453. The summed E-state index contributed by atoms with van der Waals surface area (Å²) >= 11 is 0. The standard InChI is InChI=1S/C9H14N4O4/c1-11-5-8(13(15)16)9(10-11)12-2-3-17-7(4-12)6-14/h5,7,14H,2-4,6H2,1H3. The molecular weight excluding hydrogens is 228 g/mol. The quantitative estimate of drug-likeness (QED) is 0.568. The number of hydrogen-bond donors (Lipinski definition) is 1. The lowest BCUT2D eigenvalue weighted by atomic mass is 10.3. The highest BCUT2D eigenvalue weighted by Crippen LogP contribution is 2.27. The Hall–Kier alpha value is -1.67. The average molecular weight is 242 g/mol. The van der Waals surface area contributed by atoms with Crippen molar-refractivity contribution in [1.82, 2.24) is 9.78 Å². The summed E-state index contributed by atoms with van der Waals surface area (Å²) in [5, 5.41) is 24.0. The van der Waals surface area contributed by atoms with E-state index in [2.05, 4.69) is 5.10 Å². The minimum absolute atomic E-state index is 0.0221. The van der Waals surface area contributed by atoms with Gasteiger partial charge in [0.1, 0.15) is 6.20 Å². The van der Waals surface area contributed by atoms with Crippen LogP contribution in [0.1, 0.15) is 0 Å². The Morgan fingerprint density at radius 1 is 1.76 bits per heavy atom. The number of aryl methyl sites for hydroxylation is 1. The molecule has 2 heterocycles. The molecule has 0 radical (unpaired) electrons. The van der Waals surface area contributed by atoms with E-state index in [0.717, 1.165) is 0 Å². The maximum absolute atomic E-state index is 10.9. The van der Waals surface area contributed by atoms with Gasteiger partial charge in [0.15, 0.2) is 0 Å². The zero-order chi connectivity index (χ0) is 12.4. The van der Waals surface area contributed by atoms with E-state index in [1.54, 1.807) is 11.9 Å². The molecule has 1 aliphatic heterocycles. The monoisotopic (exact) mass is 242 g/mol. The predicted octanol–water partition coefficient (Wildman–Crippen LogP) is -0.474. The van der Waals surface area contributed by atoms with Crippen LogP contribution in [0.3, 0.4) is 0 Å². The molecule has 1 fully saturated rings. The van der Waals surface area contributed by atoms with Gasteiger partial charge in [0.25, 0.3) is 0 Å². The molecule has 1 atom stereocenters. The van der Waals surface area contributed by atoms with E-state index < -0.39 is 4.92 Å². The normalized spacial score (nSPS) is 20.6. The maximum Gasteiger partial charge on any atom is 0.330 e. The number of rotatable bonds is 3. The van der Waals surface area contributed by atoms with Gasteiger partial charge >= 0.3 is 5.69 Å². The molecule has 0 amide bonds. The molecule has 1 saturated heterocycles. The van der Waals surface area contributed by atoms with Crippen LogP contribution in [-0.4, -0.2) is 52.2 Å². The zero-order valence-electron chi connectivity index (χ0n) is 9.44. The Bertz CT molecular complexity index is 419. The van der Waals surface area contributed by atoms with Crippen molar-refractivity contribution in [2.45, 2.75) is 6.10 Å². The van der Waals surface area contributed by atoms with Gasteiger partial charge in [-0.25, -0.2) is 0 Å². The molecule has 1 aromatic heterocycles. The summed E-state index contributed by atoms with van der Waals surface area (Å²) in [5.41, 5.74) is -0.0221. The van der Waals surface area contributed by atoms with Crippen LogP contribution < -0.4 is 4.90 Å². The van der Waals surface area contributed by atoms with Gasteiger partial charge in [-0.3, -0.25) is 14.8 Å². The van der Waals surface area contributed by atoms with Crippen LogP contribution in [0.4, 0.5) is 11.5 Å². The summed E-state index contributed by atoms with van der Waals surface area (Å²) in [6, 6.07) is 0. The molecule has 94 valence electrons. The molecule has 1 N–H and O–H groups in total. The van der Waals surface area contributed by atoms with Gasteiger partial charge in [-0.1, -0.05) is 0 Å². The molecule has 0 bridgehead atoms. The highest BCUT2D eigenvalue weighted by Gasteiger charge is 2.28. The van der Waals surface area contributed by atoms with Gasteiger partial charge < -0.3 is 14.7 Å². The van der Waals surface area contributed by atoms with Crippen LogP contribution in [0.2, 0.25) is 0 Å². The molecule has 2 rings (SSSR count). The van der Waals surface area contributed by atoms with Crippen LogP contribution in [0.5, 0.6) is 0 Å². The summed E-state index contributed by atoms with van der Waals surface area (Å²) in [6.07, 6.45) is 1.06. The number of aliphatic hydroxyl groups is 1. The van der Waals surface area contributed by atoms with Crippen molar-refractivity contribution in [3.05, 3.63) is 16.3 Å². The second-order valence-electron chi connectivity index (χ2n) is 3.89. The van der Waals surface area contributed by atoms with Crippen molar-refractivity contribution in [3.8, 4) is 0 Å². The lowest BCUT2D eigenvalue weighted by molar-refractivity contribution is -0.384. The summed E-state index contributed by atoms with van der Waals surface area (Å²) < 4.78 is 6.70. The van der Waals surface area contributed by atoms with Crippen molar-refractivity contribution in [3.63, 3.8) is 0 Å². The van der Waals surface area contributed by atoms with Crippen LogP contribution in [0, 0.1) is 10.1 Å². The molecule has 1 aromatic rings. The van der Waals surface area contributed by atoms with Gasteiger partial charge in [0, 0.05) is 20.1 Å². The third-order valence-electron chi connectivity index (χ3n) is 2.63. The lowest BCUT2D eigenvalue weighted by Gasteiger charge is -2.31. The number of ether oxygens (including phenoxy) is 1. The largest absolute Gasteiger partial charge is 0.394 e. The molecule has 1 aliphatic rings.